The van der Waals surface area contributed by atoms with E-state index >= 15 is 0 Å². The van der Waals surface area contributed by atoms with E-state index in [1.54, 1.807) is 0 Å². The quantitative estimate of drug-likeness (QED) is 0.452. The van der Waals surface area contributed by atoms with E-state index in [-0.39, 0.29) is 0 Å². The minimum Gasteiger partial charge on any atom is -0.0626 e. The summed E-state index contributed by atoms with van der Waals surface area (Å²) in [5, 5.41) is 6.23. The Labute approximate surface area is 127 Å². The van der Waals surface area contributed by atoms with E-state index < -0.39 is 0 Å². The molecule has 0 aliphatic carbocycles. The van der Waals surface area contributed by atoms with Crippen molar-refractivity contribution in [1.29, 1.82) is 0 Å². The molecule has 1 heteroatoms. The Kier molecular flexibility index (Phi) is 2.87. The topological polar surface area (TPSA) is 0 Å². The SMILES string of the molecule is [Si]c1ccc2ccccc2c1-c1cccc2ccccc12. The lowest BCUT2D eigenvalue weighted by atomic mass is 9.94. The monoisotopic (exact) mass is 281 g/mol. The summed E-state index contributed by atoms with van der Waals surface area (Å²) in [5.74, 6) is 0. The van der Waals surface area contributed by atoms with E-state index in [0.29, 0.717) is 0 Å². The summed E-state index contributed by atoms with van der Waals surface area (Å²) in [7, 11) is 3.80. The van der Waals surface area contributed by atoms with Crippen LogP contribution in [0.25, 0.3) is 32.7 Å². The van der Waals surface area contributed by atoms with Crippen molar-refractivity contribution in [2.75, 3.05) is 0 Å². The van der Waals surface area contributed by atoms with Crippen molar-refractivity contribution in [1.82, 2.24) is 0 Å². The molecule has 0 nitrogen and oxygen atoms in total. The van der Waals surface area contributed by atoms with Crippen LogP contribution in [0.4, 0.5) is 0 Å². The number of benzene rings is 4. The Morgan fingerprint density at radius 3 is 1.95 bits per heavy atom. The second kappa shape index (κ2) is 4.87. The molecule has 0 unspecified atom stereocenters. The van der Waals surface area contributed by atoms with Gasteiger partial charge in [-0.2, -0.15) is 0 Å². The zero-order chi connectivity index (χ0) is 14.2. The molecule has 0 amide bonds. The normalized spacial score (nSPS) is 11.1. The molecule has 4 aromatic carbocycles. The largest absolute Gasteiger partial charge is 0.0720 e. The molecule has 0 bridgehead atoms. The van der Waals surface area contributed by atoms with Crippen LogP contribution in [0.3, 0.4) is 0 Å². The fraction of sp³-hybridized carbons (Fsp3) is 0. The van der Waals surface area contributed by atoms with Gasteiger partial charge in [0.2, 0.25) is 0 Å². The van der Waals surface area contributed by atoms with E-state index in [1.807, 2.05) is 0 Å². The molecular weight excluding hydrogens is 268 g/mol. The lowest BCUT2D eigenvalue weighted by Gasteiger charge is -2.13. The number of rotatable bonds is 1. The van der Waals surface area contributed by atoms with Crippen molar-refractivity contribution in [2.45, 2.75) is 0 Å². The molecule has 0 heterocycles. The van der Waals surface area contributed by atoms with Gasteiger partial charge in [0.05, 0.1) is 10.2 Å². The number of hydrogen-bond donors (Lipinski definition) is 0. The second-order valence-electron chi connectivity index (χ2n) is 5.24. The Balaban J connectivity index is 2.16. The van der Waals surface area contributed by atoms with Crippen molar-refractivity contribution < 1.29 is 0 Å². The Hall–Kier alpha value is -2.38. The lowest BCUT2D eigenvalue weighted by Crippen LogP contribution is -2.07. The van der Waals surface area contributed by atoms with E-state index in [9.17, 15) is 0 Å². The van der Waals surface area contributed by atoms with Gasteiger partial charge in [-0.15, -0.1) is 0 Å². The molecule has 0 saturated carbocycles. The molecule has 4 aromatic rings. The maximum Gasteiger partial charge on any atom is 0.0720 e. The molecule has 0 aromatic heterocycles. The van der Waals surface area contributed by atoms with Crippen molar-refractivity contribution in [2.24, 2.45) is 0 Å². The summed E-state index contributed by atoms with van der Waals surface area (Å²) >= 11 is 0. The maximum atomic E-state index is 3.80. The van der Waals surface area contributed by atoms with Crippen LogP contribution >= 0.6 is 0 Å². The third-order valence-corrected chi connectivity index (χ3v) is 4.40. The second-order valence-corrected chi connectivity index (χ2v) is 5.77. The highest BCUT2D eigenvalue weighted by Gasteiger charge is 2.09. The predicted octanol–water partition coefficient (Wildman–Crippen LogP) is 4.45. The Morgan fingerprint density at radius 1 is 0.524 bits per heavy atom. The van der Waals surface area contributed by atoms with E-state index in [4.69, 9.17) is 0 Å². The molecule has 0 atom stereocenters. The summed E-state index contributed by atoms with van der Waals surface area (Å²) in [4.78, 5) is 0. The van der Waals surface area contributed by atoms with Gasteiger partial charge in [0.1, 0.15) is 0 Å². The number of fused-ring (bicyclic) bond motifs is 2. The highest BCUT2D eigenvalue weighted by Crippen LogP contribution is 2.32. The molecule has 4 rings (SSSR count). The average molecular weight is 281 g/mol. The van der Waals surface area contributed by atoms with Gasteiger partial charge in [-0.25, -0.2) is 0 Å². The van der Waals surface area contributed by atoms with Gasteiger partial charge in [0, 0.05) is 0 Å². The van der Waals surface area contributed by atoms with Crippen molar-refractivity contribution >= 4 is 37.0 Å². The van der Waals surface area contributed by atoms with Crippen molar-refractivity contribution in [3.05, 3.63) is 78.9 Å². The van der Waals surface area contributed by atoms with E-state index in [1.165, 1.54) is 32.7 Å². The Morgan fingerprint density at radius 2 is 1.14 bits per heavy atom. The predicted molar refractivity (Wildman–Crippen MR) is 92.3 cm³/mol. The molecule has 3 radical (unpaired) electrons. The van der Waals surface area contributed by atoms with Crippen LogP contribution in [0.15, 0.2) is 78.9 Å². The molecule has 97 valence electrons. The zero-order valence-corrected chi connectivity index (χ0v) is 12.5. The van der Waals surface area contributed by atoms with Crippen molar-refractivity contribution in [3.63, 3.8) is 0 Å². The van der Waals surface area contributed by atoms with Crippen LogP contribution in [-0.2, 0) is 0 Å². The van der Waals surface area contributed by atoms with Crippen LogP contribution in [0, 0.1) is 0 Å². The van der Waals surface area contributed by atoms with Crippen LogP contribution in [0.1, 0.15) is 0 Å². The first-order chi connectivity index (χ1) is 10.3. The van der Waals surface area contributed by atoms with Gasteiger partial charge < -0.3 is 0 Å². The summed E-state index contributed by atoms with van der Waals surface area (Å²) in [5.41, 5.74) is 2.54. The summed E-state index contributed by atoms with van der Waals surface area (Å²) in [6.07, 6.45) is 0. The molecule has 0 fully saturated rings. The molecule has 0 spiro atoms. The van der Waals surface area contributed by atoms with Crippen LogP contribution < -0.4 is 5.19 Å². The van der Waals surface area contributed by atoms with E-state index in [2.05, 4.69) is 89.1 Å². The van der Waals surface area contributed by atoms with Gasteiger partial charge in [0.15, 0.2) is 0 Å². The van der Waals surface area contributed by atoms with Crippen LogP contribution in [0.5, 0.6) is 0 Å². The van der Waals surface area contributed by atoms with Crippen LogP contribution in [0.2, 0.25) is 0 Å². The average Bonchev–Trinajstić information content (AvgIpc) is 2.54. The summed E-state index contributed by atoms with van der Waals surface area (Å²) < 4.78 is 0. The molecule has 0 N–H and O–H groups in total. The Bertz CT molecular complexity index is 949. The van der Waals surface area contributed by atoms with E-state index in [0.717, 1.165) is 5.19 Å². The third-order valence-electron chi connectivity index (χ3n) is 3.99. The lowest BCUT2D eigenvalue weighted by molar-refractivity contribution is 1.71. The summed E-state index contributed by atoms with van der Waals surface area (Å²) in [6.45, 7) is 0. The molecule has 0 aliphatic rings. The van der Waals surface area contributed by atoms with Gasteiger partial charge in [-0.3, -0.25) is 0 Å². The van der Waals surface area contributed by atoms with Gasteiger partial charge >= 0.3 is 0 Å². The third kappa shape index (κ3) is 1.98. The standard InChI is InChI=1S/C20H13Si/c21-19-13-12-15-7-2-4-10-17(15)20(19)18-11-5-8-14-6-1-3-9-16(14)18/h1-13H. The van der Waals surface area contributed by atoms with Gasteiger partial charge in [-0.1, -0.05) is 84.0 Å². The first-order valence-electron chi connectivity index (χ1n) is 7.06. The minimum absolute atomic E-state index is 1.13. The van der Waals surface area contributed by atoms with Crippen molar-refractivity contribution in [3.8, 4) is 11.1 Å². The van der Waals surface area contributed by atoms with Crippen LogP contribution in [-0.4, -0.2) is 10.2 Å². The molecule has 21 heavy (non-hydrogen) atoms. The molecule has 0 saturated heterocycles. The van der Waals surface area contributed by atoms with Gasteiger partial charge in [0.25, 0.3) is 0 Å². The first-order valence-corrected chi connectivity index (χ1v) is 7.56. The fourth-order valence-corrected chi connectivity index (χ4v) is 3.36. The molecular formula is C20H13Si. The molecule has 0 aliphatic heterocycles. The smallest absolute Gasteiger partial charge is 0.0626 e. The first kappa shape index (κ1) is 12.4. The maximum absolute atomic E-state index is 3.80. The highest BCUT2D eigenvalue weighted by molar-refractivity contribution is 6.38. The highest BCUT2D eigenvalue weighted by atomic mass is 28.1. The van der Waals surface area contributed by atoms with Gasteiger partial charge in [-0.05, 0) is 32.7 Å². The fourth-order valence-electron chi connectivity index (χ4n) is 3.01. The minimum atomic E-state index is 1.13. The zero-order valence-electron chi connectivity index (χ0n) is 11.5. The number of hydrogen-bond acceptors (Lipinski definition) is 0. The summed E-state index contributed by atoms with van der Waals surface area (Å²) in [6, 6.07) is 27.9.